The highest BCUT2D eigenvalue weighted by Crippen LogP contribution is 2.21. The molecule has 0 saturated heterocycles. The summed E-state index contributed by atoms with van der Waals surface area (Å²) in [5.41, 5.74) is 0.995. The van der Waals surface area contributed by atoms with E-state index in [-0.39, 0.29) is 17.2 Å². The minimum atomic E-state index is 0.140. The van der Waals surface area contributed by atoms with Gasteiger partial charge in [-0.25, -0.2) is 0 Å². The van der Waals surface area contributed by atoms with Gasteiger partial charge in [-0.05, 0) is 42.7 Å². The lowest BCUT2D eigenvalue weighted by atomic mass is 10.1. The van der Waals surface area contributed by atoms with Crippen LogP contribution in [0.25, 0.3) is 0 Å². The molecule has 0 aromatic heterocycles. The van der Waals surface area contributed by atoms with Gasteiger partial charge in [-0.3, -0.25) is 0 Å². The first-order valence-corrected chi connectivity index (χ1v) is 6.90. The number of hydrogen-bond acceptors (Lipinski definition) is 4. The van der Waals surface area contributed by atoms with Gasteiger partial charge in [0.2, 0.25) is 0 Å². The molecule has 21 heavy (non-hydrogen) atoms. The Morgan fingerprint density at radius 2 is 1.57 bits per heavy atom. The maximum absolute atomic E-state index is 9.13. The van der Waals surface area contributed by atoms with E-state index in [2.05, 4.69) is 6.92 Å². The van der Waals surface area contributed by atoms with E-state index in [1.807, 2.05) is 0 Å². The number of ether oxygens (including phenoxy) is 1. The fourth-order valence-electron chi connectivity index (χ4n) is 1.79. The summed E-state index contributed by atoms with van der Waals surface area (Å²) in [5.74, 6) is 1.19. The lowest BCUT2D eigenvalue weighted by Gasteiger charge is -2.01. The summed E-state index contributed by atoms with van der Waals surface area (Å²) in [6.45, 7) is 2.11. The number of unbranched alkanes of at least 4 members (excludes halogenated alkanes) is 1. The molecule has 2 rings (SSSR count). The molecule has 0 atom stereocenters. The molecule has 2 aromatic rings. The third-order valence-electron chi connectivity index (χ3n) is 2.83. The van der Waals surface area contributed by atoms with E-state index in [9.17, 15) is 0 Å². The molecule has 4 nitrogen and oxygen atoms in total. The topological polar surface area (TPSA) is 69.9 Å². The van der Waals surface area contributed by atoms with Crippen molar-refractivity contribution >= 4 is 0 Å². The van der Waals surface area contributed by atoms with E-state index in [1.54, 1.807) is 43.5 Å². The quantitative estimate of drug-likeness (QED) is 0.800. The number of rotatable bonds is 4. The first kappa shape index (κ1) is 16.7. The summed E-state index contributed by atoms with van der Waals surface area (Å²) < 4.78 is 4.84. The highest BCUT2D eigenvalue weighted by molar-refractivity contribution is 5.36. The molecule has 0 aliphatic heterocycles. The lowest BCUT2D eigenvalue weighted by Crippen LogP contribution is -1.83. The molecule has 0 aliphatic rings. The van der Waals surface area contributed by atoms with Crippen LogP contribution in [-0.4, -0.2) is 22.4 Å². The predicted molar refractivity (Wildman–Crippen MR) is 83.0 cm³/mol. The SMILES string of the molecule is CCCCc1cc(O)cc(O)c1.COc1cccc(O)c1. The molecule has 2 aromatic carbocycles. The first-order chi connectivity index (χ1) is 10.0. The summed E-state index contributed by atoms with van der Waals surface area (Å²) in [7, 11) is 1.56. The van der Waals surface area contributed by atoms with Gasteiger partial charge in [-0.15, -0.1) is 0 Å². The number of benzene rings is 2. The van der Waals surface area contributed by atoms with Gasteiger partial charge in [0.25, 0.3) is 0 Å². The second-order valence-corrected chi connectivity index (χ2v) is 4.66. The first-order valence-electron chi connectivity index (χ1n) is 6.90. The summed E-state index contributed by atoms with van der Waals surface area (Å²) >= 11 is 0. The molecule has 0 aliphatic carbocycles. The van der Waals surface area contributed by atoms with Crippen LogP contribution >= 0.6 is 0 Å². The molecule has 0 amide bonds. The van der Waals surface area contributed by atoms with Gasteiger partial charge in [0, 0.05) is 12.1 Å². The van der Waals surface area contributed by atoms with Gasteiger partial charge in [0.1, 0.15) is 23.0 Å². The van der Waals surface area contributed by atoms with Gasteiger partial charge in [0.15, 0.2) is 0 Å². The fourth-order valence-corrected chi connectivity index (χ4v) is 1.79. The Morgan fingerprint density at radius 1 is 0.905 bits per heavy atom. The molecule has 114 valence electrons. The largest absolute Gasteiger partial charge is 0.508 e. The number of methoxy groups -OCH3 is 1. The Morgan fingerprint density at radius 3 is 2.05 bits per heavy atom. The van der Waals surface area contributed by atoms with Gasteiger partial charge in [-0.1, -0.05) is 19.4 Å². The number of aromatic hydroxyl groups is 3. The minimum Gasteiger partial charge on any atom is -0.508 e. The van der Waals surface area contributed by atoms with Gasteiger partial charge in [0.05, 0.1) is 7.11 Å². The standard InChI is InChI=1S/C10H14O2.C7H8O2/c1-2-3-4-8-5-9(11)7-10(12)6-8;1-9-7-4-2-3-6(8)5-7/h5-7,11-12H,2-4H2,1H3;2-5,8H,1H3. The van der Waals surface area contributed by atoms with Crippen molar-refractivity contribution in [3.63, 3.8) is 0 Å². The van der Waals surface area contributed by atoms with E-state index in [0.717, 1.165) is 24.8 Å². The fraction of sp³-hybridized carbons (Fsp3) is 0.294. The van der Waals surface area contributed by atoms with Crippen LogP contribution in [0.3, 0.4) is 0 Å². The minimum absolute atomic E-state index is 0.140. The van der Waals surface area contributed by atoms with Crippen LogP contribution in [0.5, 0.6) is 23.0 Å². The Labute approximate surface area is 125 Å². The second-order valence-electron chi connectivity index (χ2n) is 4.66. The van der Waals surface area contributed by atoms with Crippen molar-refractivity contribution in [2.45, 2.75) is 26.2 Å². The normalized spacial score (nSPS) is 9.62. The Balaban J connectivity index is 0.000000219. The number of hydrogen-bond donors (Lipinski definition) is 3. The van der Waals surface area contributed by atoms with Crippen LogP contribution in [0.4, 0.5) is 0 Å². The molecule has 3 N–H and O–H groups in total. The molecule has 0 radical (unpaired) electrons. The van der Waals surface area contributed by atoms with Gasteiger partial charge >= 0.3 is 0 Å². The molecular weight excluding hydrogens is 268 g/mol. The van der Waals surface area contributed by atoms with Gasteiger partial charge in [-0.2, -0.15) is 0 Å². The average molecular weight is 290 g/mol. The van der Waals surface area contributed by atoms with Crippen molar-refractivity contribution in [2.75, 3.05) is 7.11 Å². The number of phenols is 3. The molecule has 0 saturated carbocycles. The summed E-state index contributed by atoms with van der Waals surface area (Å²) in [6, 6.07) is 11.4. The number of phenolic OH excluding ortho intramolecular Hbond substituents is 3. The predicted octanol–water partition coefficient (Wildman–Crippen LogP) is 3.84. The van der Waals surface area contributed by atoms with Crippen LogP contribution in [0.15, 0.2) is 42.5 Å². The second kappa shape index (κ2) is 8.74. The maximum atomic E-state index is 9.13. The Bertz CT molecular complexity index is 532. The van der Waals surface area contributed by atoms with Crippen LogP contribution < -0.4 is 4.74 Å². The monoisotopic (exact) mass is 290 g/mol. The zero-order valence-corrected chi connectivity index (χ0v) is 12.4. The highest BCUT2D eigenvalue weighted by Gasteiger charge is 1.97. The Hall–Kier alpha value is -2.36. The molecule has 4 heteroatoms. The van der Waals surface area contributed by atoms with E-state index >= 15 is 0 Å². The van der Waals surface area contributed by atoms with E-state index in [0.29, 0.717) is 5.75 Å². The maximum Gasteiger partial charge on any atom is 0.122 e. The van der Waals surface area contributed by atoms with Crippen molar-refractivity contribution in [2.24, 2.45) is 0 Å². The van der Waals surface area contributed by atoms with Crippen molar-refractivity contribution in [3.05, 3.63) is 48.0 Å². The van der Waals surface area contributed by atoms with Crippen molar-refractivity contribution in [1.82, 2.24) is 0 Å². The zero-order valence-electron chi connectivity index (χ0n) is 12.4. The molecule has 0 fully saturated rings. The van der Waals surface area contributed by atoms with E-state index < -0.39 is 0 Å². The highest BCUT2D eigenvalue weighted by atomic mass is 16.5. The molecule has 0 heterocycles. The Kier molecular flexibility index (Phi) is 6.95. The van der Waals surface area contributed by atoms with E-state index in [4.69, 9.17) is 20.1 Å². The van der Waals surface area contributed by atoms with Crippen molar-refractivity contribution in [3.8, 4) is 23.0 Å². The molecule has 0 unspecified atom stereocenters. The van der Waals surface area contributed by atoms with Gasteiger partial charge < -0.3 is 20.1 Å². The van der Waals surface area contributed by atoms with Crippen molar-refractivity contribution in [1.29, 1.82) is 0 Å². The third-order valence-corrected chi connectivity index (χ3v) is 2.83. The summed E-state index contributed by atoms with van der Waals surface area (Å²) in [6.07, 6.45) is 3.12. The van der Waals surface area contributed by atoms with Crippen LogP contribution in [0, 0.1) is 0 Å². The van der Waals surface area contributed by atoms with Crippen LogP contribution in [-0.2, 0) is 6.42 Å². The third kappa shape index (κ3) is 6.56. The summed E-state index contributed by atoms with van der Waals surface area (Å²) in [4.78, 5) is 0. The molecular formula is C17H22O4. The van der Waals surface area contributed by atoms with Crippen LogP contribution in [0.2, 0.25) is 0 Å². The molecule has 0 spiro atoms. The zero-order chi connectivity index (χ0) is 15.7. The molecule has 0 bridgehead atoms. The van der Waals surface area contributed by atoms with Crippen molar-refractivity contribution < 1.29 is 20.1 Å². The number of aryl methyl sites for hydroxylation is 1. The average Bonchev–Trinajstić information content (AvgIpc) is 2.45. The lowest BCUT2D eigenvalue weighted by molar-refractivity contribution is 0.407. The smallest absolute Gasteiger partial charge is 0.122 e. The van der Waals surface area contributed by atoms with E-state index in [1.165, 1.54) is 6.07 Å². The van der Waals surface area contributed by atoms with Crippen LogP contribution in [0.1, 0.15) is 25.3 Å². The summed E-state index contributed by atoms with van der Waals surface area (Å²) in [5, 5.41) is 27.1.